The van der Waals surface area contributed by atoms with E-state index in [0.717, 1.165) is 25.9 Å². The van der Waals surface area contributed by atoms with Gasteiger partial charge in [-0.05, 0) is 25.9 Å². The number of Topliss-reactive ketones (excluding diaryl/α,β-unsaturated/α-hetero) is 1. The van der Waals surface area contributed by atoms with Gasteiger partial charge in [0.25, 0.3) is 5.78 Å². The Bertz CT molecular complexity index is 187. The normalized spacial score (nSPS) is 17.8. The van der Waals surface area contributed by atoms with Crippen LogP contribution in [0.3, 0.4) is 0 Å². The molecule has 1 aliphatic heterocycles. The molecule has 2 N–H and O–H groups in total. The van der Waals surface area contributed by atoms with Crippen LogP contribution in [0.15, 0.2) is 0 Å². The first-order valence-electron chi connectivity index (χ1n) is 3.90. The number of carbonyl (C=O) groups is 2. The van der Waals surface area contributed by atoms with Crippen LogP contribution in [0.5, 0.6) is 0 Å². The van der Waals surface area contributed by atoms with Crippen molar-refractivity contribution in [3.05, 3.63) is 0 Å². The summed E-state index contributed by atoms with van der Waals surface area (Å²) in [6, 6.07) is 0. The Morgan fingerprint density at radius 2 is 1.92 bits per heavy atom. The minimum Gasteiger partial charge on any atom is -0.367 e. The van der Waals surface area contributed by atoms with Crippen LogP contribution in [0.4, 0.5) is 0 Å². The highest BCUT2D eigenvalue weighted by Crippen LogP contribution is 2.06. The van der Waals surface area contributed by atoms with Crippen LogP contribution in [0, 0.1) is 0 Å². The third kappa shape index (κ3) is 2.28. The molecule has 0 unspecified atom stereocenters. The summed E-state index contributed by atoms with van der Waals surface area (Å²) in [5, 5.41) is 0. The fraction of sp³-hybridized carbons (Fsp3) is 0.714. The van der Waals surface area contributed by atoms with Crippen molar-refractivity contribution >= 4 is 11.8 Å². The van der Waals surface area contributed by atoms with E-state index in [4.69, 9.17) is 0 Å². The Balaban J connectivity index is 2.29. The number of hydrogen-bond donors (Lipinski definition) is 1. The van der Waals surface area contributed by atoms with E-state index in [1.54, 1.807) is 0 Å². The molecular formula is C7H12N2O3. The third-order valence-electron chi connectivity index (χ3n) is 1.90. The van der Waals surface area contributed by atoms with E-state index in [-0.39, 0.29) is 6.54 Å². The van der Waals surface area contributed by atoms with Gasteiger partial charge in [0.05, 0.1) is 6.54 Å². The van der Waals surface area contributed by atoms with Crippen LogP contribution in [-0.2, 0) is 14.4 Å². The van der Waals surface area contributed by atoms with Crippen LogP contribution in [0.25, 0.3) is 0 Å². The summed E-state index contributed by atoms with van der Waals surface area (Å²) in [6.07, 6.45) is 2.18. The second kappa shape index (κ2) is 4.18. The molecule has 0 saturated carbocycles. The van der Waals surface area contributed by atoms with Crippen molar-refractivity contribution in [1.29, 1.82) is 0 Å². The van der Waals surface area contributed by atoms with E-state index >= 15 is 0 Å². The summed E-state index contributed by atoms with van der Waals surface area (Å²) in [7, 11) is 0. The number of likely N-dealkylation sites (tertiary alicyclic amines) is 1. The van der Waals surface area contributed by atoms with Crippen molar-refractivity contribution in [2.75, 3.05) is 19.6 Å². The second-order valence-corrected chi connectivity index (χ2v) is 2.81. The van der Waals surface area contributed by atoms with Gasteiger partial charge in [-0.2, -0.15) is 5.90 Å². The fourth-order valence-corrected chi connectivity index (χ4v) is 1.27. The molecule has 0 atom stereocenters. The van der Waals surface area contributed by atoms with Crippen molar-refractivity contribution in [2.45, 2.75) is 12.8 Å². The zero-order valence-corrected chi connectivity index (χ0v) is 6.78. The second-order valence-electron chi connectivity index (χ2n) is 2.81. The quantitative estimate of drug-likeness (QED) is 0.439. The molecule has 1 aliphatic rings. The minimum atomic E-state index is -0.957. The van der Waals surface area contributed by atoms with Crippen LogP contribution in [0.2, 0.25) is 0 Å². The zero-order chi connectivity index (χ0) is 8.97. The Kier molecular flexibility index (Phi) is 3.19. The average molecular weight is 172 g/mol. The number of nitrogens with two attached hydrogens (primary N) is 1. The first-order chi connectivity index (χ1) is 5.74. The van der Waals surface area contributed by atoms with Crippen LogP contribution in [-0.4, -0.2) is 36.3 Å². The predicted octanol–water partition coefficient (Wildman–Crippen LogP) is -0.932. The number of hydrogen-bond acceptors (Lipinski definition) is 5. The molecule has 1 rings (SSSR count). The van der Waals surface area contributed by atoms with Crippen molar-refractivity contribution < 1.29 is 14.4 Å². The van der Waals surface area contributed by atoms with E-state index in [0.29, 0.717) is 0 Å². The standard InChI is InChI=1S/C7H12N2O3/c8-12-7(11)6(10)5-9-3-1-2-4-9/h1-5,8H2. The molecule has 1 saturated heterocycles. The SMILES string of the molecule is NOC(=O)C(=O)CN1CCCC1. The number of rotatable bonds is 3. The highest BCUT2D eigenvalue weighted by molar-refractivity contribution is 6.34. The molecule has 0 bridgehead atoms. The minimum absolute atomic E-state index is 0.135. The Morgan fingerprint density at radius 1 is 1.33 bits per heavy atom. The summed E-state index contributed by atoms with van der Waals surface area (Å²) in [5.74, 6) is 3.03. The van der Waals surface area contributed by atoms with Gasteiger partial charge in [0.2, 0.25) is 0 Å². The lowest BCUT2D eigenvalue weighted by Crippen LogP contribution is -2.33. The van der Waals surface area contributed by atoms with E-state index in [1.165, 1.54) is 0 Å². The first-order valence-corrected chi connectivity index (χ1v) is 3.90. The number of ketones is 1. The molecule has 0 aromatic heterocycles. The Morgan fingerprint density at radius 3 is 2.42 bits per heavy atom. The first kappa shape index (κ1) is 9.15. The lowest BCUT2D eigenvalue weighted by molar-refractivity contribution is -0.154. The Labute approximate surface area is 70.4 Å². The van der Waals surface area contributed by atoms with Gasteiger partial charge in [-0.15, -0.1) is 0 Å². The molecule has 0 aromatic rings. The predicted molar refractivity (Wildman–Crippen MR) is 41.0 cm³/mol. The smallest absolute Gasteiger partial charge is 0.367 e. The molecule has 68 valence electrons. The Hall–Kier alpha value is -0.940. The molecule has 0 aliphatic carbocycles. The topological polar surface area (TPSA) is 72.6 Å². The average Bonchev–Trinajstić information content (AvgIpc) is 2.55. The van der Waals surface area contributed by atoms with Crippen LogP contribution < -0.4 is 5.90 Å². The number of carbonyl (C=O) groups excluding carboxylic acids is 2. The van der Waals surface area contributed by atoms with E-state index in [1.807, 2.05) is 4.90 Å². The molecule has 1 fully saturated rings. The lowest BCUT2D eigenvalue weighted by Gasteiger charge is -2.11. The van der Waals surface area contributed by atoms with Gasteiger partial charge in [0.15, 0.2) is 0 Å². The van der Waals surface area contributed by atoms with Crippen LogP contribution >= 0.6 is 0 Å². The molecule has 5 heteroatoms. The molecule has 0 radical (unpaired) electrons. The van der Waals surface area contributed by atoms with E-state index in [2.05, 4.69) is 10.7 Å². The zero-order valence-electron chi connectivity index (χ0n) is 6.78. The van der Waals surface area contributed by atoms with Crippen molar-refractivity contribution in [2.24, 2.45) is 5.90 Å². The molecule has 0 aromatic carbocycles. The van der Waals surface area contributed by atoms with Gasteiger partial charge >= 0.3 is 5.97 Å². The molecule has 1 heterocycles. The van der Waals surface area contributed by atoms with Gasteiger partial charge in [-0.3, -0.25) is 9.69 Å². The maximum Gasteiger partial charge on any atom is 0.394 e. The van der Waals surface area contributed by atoms with Gasteiger partial charge < -0.3 is 4.84 Å². The summed E-state index contributed by atoms with van der Waals surface area (Å²) >= 11 is 0. The van der Waals surface area contributed by atoms with Gasteiger partial charge in [0, 0.05) is 0 Å². The fourth-order valence-electron chi connectivity index (χ4n) is 1.27. The van der Waals surface area contributed by atoms with Gasteiger partial charge in [0.1, 0.15) is 0 Å². The maximum absolute atomic E-state index is 10.9. The molecule has 0 amide bonds. The number of nitrogens with zero attached hydrogens (tertiary/aromatic N) is 1. The van der Waals surface area contributed by atoms with E-state index in [9.17, 15) is 9.59 Å². The van der Waals surface area contributed by atoms with E-state index < -0.39 is 11.8 Å². The molecule has 0 spiro atoms. The summed E-state index contributed by atoms with van der Waals surface area (Å²) < 4.78 is 0. The van der Waals surface area contributed by atoms with Crippen molar-refractivity contribution in [3.63, 3.8) is 0 Å². The highest BCUT2D eigenvalue weighted by atomic mass is 16.7. The lowest BCUT2D eigenvalue weighted by atomic mass is 10.4. The van der Waals surface area contributed by atoms with Crippen molar-refractivity contribution in [3.8, 4) is 0 Å². The summed E-state index contributed by atoms with van der Waals surface area (Å²) in [5.41, 5.74) is 0. The van der Waals surface area contributed by atoms with Gasteiger partial charge in [-0.1, -0.05) is 0 Å². The summed E-state index contributed by atoms with van der Waals surface area (Å²) in [6.45, 7) is 1.89. The molecule has 5 nitrogen and oxygen atoms in total. The molecular weight excluding hydrogens is 160 g/mol. The van der Waals surface area contributed by atoms with Gasteiger partial charge in [-0.25, -0.2) is 4.79 Å². The maximum atomic E-state index is 10.9. The van der Waals surface area contributed by atoms with Crippen LogP contribution in [0.1, 0.15) is 12.8 Å². The molecule has 12 heavy (non-hydrogen) atoms. The highest BCUT2D eigenvalue weighted by Gasteiger charge is 2.20. The summed E-state index contributed by atoms with van der Waals surface area (Å²) in [4.78, 5) is 27.2. The third-order valence-corrected chi connectivity index (χ3v) is 1.90. The monoisotopic (exact) mass is 172 g/mol. The largest absolute Gasteiger partial charge is 0.394 e. The van der Waals surface area contributed by atoms with Crippen molar-refractivity contribution in [1.82, 2.24) is 4.90 Å².